The Morgan fingerprint density at radius 3 is 2.29 bits per heavy atom. The topological polar surface area (TPSA) is 61.4 Å². The van der Waals surface area contributed by atoms with Crippen LogP contribution in [0.4, 0.5) is 15.8 Å². The molecule has 0 aromatic heterocycles. The Bertz CT molecular complexity index is 878. The molecule has 0 saturated heterocycles. The third kappa shape index (κ3) is 5.53. The van der Waals surface area contributed by atoms with E-state index in [4.69, 9.17) is 11.6 Å². The summed E-state index contributed by atoms with van der Waals surface area (Å²) in [7, 11) is 1.69. The van der Waals surface area contributed by atoms with Crippen molar-refractivity contribution in [3.8, 4) is 0 Å². The van der Waals surface area contributed by atoms with Gasteiger partial charge in [0.2, 0.25) is 11.8 Å². The van der Waals surface area contributed by atoms with Gasteiger partial charge in [0.1, 0.15) is 5.82 Å². The smallest absolute Gasteiger partial charge is 0.241 e. The lowest BCUT2D eigenvalue weighted by atomic mass is 10.1. The van der Waals surface area contributed by atoms with E-state index in [9.17, 15) is 14.0 Å². The van der Waals surface area contributed by atoms with Gasteiger partial charge in [0.25, 0.3) is 0 Å². The van der Waals surface area contributed by atoms with Crippen LogP contribution in [0.2, 0.25) is 5.02 Å². The molecular weight excluding hydrogens is 381 g/mol. The van der Waals surface area contributed by atoms with Crippen molar-refractivity contribution in [3.05, 3.63) is 57.9 Å². The van der Waals surface area contributed by atoms with Crippen molar-refractivity contribution in [2.75, 3.05) is 24.2 Å². The van der Waals surface area contributed by atoms with Crippen LogP contribution in [-0.2, 0) is 9.59 Å². The average Bonchev–Trinajstić information content (AvgIpc) is 2.59. The second kappa shape index (κ2) is 9.17. The molecule has 2 aromatic rings. The second-order valence-corrected chi connectivity index (χ2v) is 7.43. The lowest BCUT2D eigenvalue weighted by Gasteiger charge is -2.24. The Labute approximate surface area is 169 Å². The lowest BCUT2D eigenvalue weighted by Crippen LogP contribution is -2.43. The van der Waals surface area contributed by atoms with Crippen molar-refractivity contribution < 1.29 is 14.0 Å². The summed E-state index contributed by atoms with van der Waals surface area (Å²) in [6, 6.07) is 7.18. The van der Waals surface area contributed by atoms with Crippen LogP contribution in [0, 0.1) is 26.6 Å². The summed E-state index contributed by atoms with van der Waals surface area (Å²) < 4.78 is 13.1. The lowest BCUT2D eigenvalue weighted by molar-refractivity contribution is -0.122. The highest BCUT2D eigenvalue weighted by molar-refractivity contribution is 6.33. The predicted octanol–water partition coefficient (Wildman–Crippen LogP) is 4.30. The maximum Gasteiger partial charge on any atom is 0.241 e. The molecule has 5 nitrogen and oxygen atoms in total. The number of anilines is 2. The van der Waals surface area contributed by atoms with Crippen LogP contribution >= 0.6 is 11.6 Å². The number of hydrogen-bond acceptors (Lipinski definition) is 3. The fraction of sp³-hybridized carbons (Fsp3) is 0.333. The fourth-order valence-electron chi connectivity index (χ4n) is 2.95. The van der Waals surface area contributed by atoms with Gasteiger partial charge in [-0.25, -0.2) is 4.39 Å². The van der Waals surface area contributed by atoms with Gasteiger partial charge in [-0.3, -0.25) is 14.5 Å². The summed E-state index contributed by atoms with van der Waals surface area (Å²) in [6.07, 6.45) is 0. The molecule has 0 bridgehead atoms. The Morgan fingerprint density at radius 2 is 1.71 bits per heavy atom. The number of carbonyl (C=O) groups excluding carboxylic acids is 2. The van der Waals surface area contributed by atoms with Crippen LogP contribution in [0.5, 0.6) is 0 Å². The van der Waals surface area contributed by atoms with Crippen molar-refractivity contribution in [1.29, 1.82) is 0 Å². The molecule has 2 rings (SSSR count). The number of nitrogens with one attached hydrogen (secondary N) is 2. The molecule has 1 atom stereocenters. The van der Waals surface area contributed by atoms with E-state index in [2.05, 4.69) is 10.6 Å². The molecule has 0 heterocycles. The maximum absolute atomic E-state index is 13.1. The molecule has 28 heavy (non-hydrogen) atoms. The van der Waals surface area contributed by atoms with Gasteiger partial charge in [-0.05, 0) is 64.1 Å². The summed E-state index contributed by atoms with van der Waals surface area (Å²) in [5.74, 6) is -1.03. The number of likely N-dealkylation sites (N-methyl/N-ethyl adjacent to an activating group) is 1. The van der Waals surface area contributed by atoms with E-state index in [1.807, 2.05) is 32.9 Å². The summed E-state index contributed by atoms with van der Waals surface area (Å²) in [4.78, 5) is 26.5. The van der Waals surface area contributed by atoms with Crippen LogP contribution in [0.15, 0.2) is 30.3 Å². The van der Waals surface area contributed by atoms with Gasteiger partial charge in [0.05, 0.1) is 23.3 Å². The van der Waals surface area contributed by atoms with E-state index in [-0.39, 0.29) is 23.4 Å². The summed E-state index contributed by atoms with van der Waals surface area (Å²) >= 11 is 5.94. The fourth-order valence-corrected chi connectivity index (χ4v) is 3.16. The number of halogens is 2. The molecule has 2 aromatic carbocycles. The highest BCUT2D eigenvalue weighted by atomic mass is 35.5. The molecule has 0 spiro atoms. The predicted molar refractivity (Wildman–Crippen MR) is 111 cm³/mol. The molecule has 0 radical (unpaired) electrons. The first kappa shape index (κ1) is 21.9. The van der Waals surface area contributed by atoms with Crippen LogP contribution in [0.3, 0.4) is 0 Å². The number of amides is 2. The Balaban J connectivity index is 1.98. The molecule has 1 unspecified atom stereocenters. The van der Waals surface area contributed by atoms with Crippen molar-refractivity contribution in [1.82, 2.24) is 4.90 Å². The van der Waals surface area contributed by atoms with E-state index in [1.165, 1.54) is 12.1 Å². The molecule has 0 aliphatic rings. The molecule has 0 saturated carbocycles. The average molecular weight is 406 g/mol. The number of aryl methyl sites for hydroxylation is 3. The SMILES string of the molecule is Cc1cc(C)c(NC(=O)CN(C)C(C)C(=O)Nc2ccc(F)cc2Cl)c(C)c1. The first-order valence-corrected chi connectivity index (χ1v) is 9.30. The number of carbonyl (C=O) groups is 2. The van der Waals surface area contributed by atoms with Gasteiger partial charge < -0.3 is 10.6 Å². The van der Waals surface area contributed by atoms with Crippen LogP contribution in [-0.4, -0.2) is 36.3 Å². The Hall–Kier alpha value is -2.44. The van der Waals surface area contributed by atoms with Crippen LogP contribution in [0.25, 0.3) is 0 Å². The molecule has 0 aliphatic heterocycles. The van der Waals surface area contributed by atoms with E-state index in [0.717, 1.165) is 28.4 Å². The minimum Gasteiger partial charge on any atom is -0.324 e. The molecule has 0 fully saturated rings. The maximum atomic E-state index is 13.1. The molecule has 2 amide bonds. The summed E-state index contributed by atoms with van der Waals surface area (Å²) in [6.45, 7) is 7.62. The van der Waals surface area contributed by atoms with Crippen LogP contribution in [0.1, 0.15) is 23.6 Å². The van der Waals surface area contributed by atoms with Gasteiger partial charge in [0.15, 0.2) is 0 Å². The number of benzene rings is 2. The van der Waals surface area contributed by atoms with E-state index in [0.29, 0.717) is 5.69 Å². The zero-order valence-electron chi connectivity index (χ0n) is 16.7. The highest BCUT2D eigenvalue weighted by Crippen LogP contribution is 2.23. The summed E-state index contributed by atoms with van der Waals surface area (Å²) in [5, 5.41) is 5.69. The number of hydrogen-bond donors (Lipinski definition) is 2. The van der Waals surface area contributed by atoms with Crippen molar-refractivity contribution >= 4 is 34.8 Å². The summed E-state index contributed by atoms with van der Waals surface area (Å²) in [5.41, 5.74) is 4.23. The normalized spacial score (nSPS) is 12.0. The van der Waals surface area contributed by atoms with E-state index >= 15 is 0 Å². The van der Waals surface area contributed by atoms with Crippen molar-refractivity contribution in [2.24, 2.45) is 0 Å². The molecule has 150 valence electrons. The largest absolute Gasteiger partial charge is 0.324 e. The van der Waals surface area contributed by atoms with Crippen molar-refractivity contribution in [2.45, 2.75) is 33.7 Å². The zero-order chi connectivity index (χ0) is 21.0. The van der Waals surface area contributed by atoms with Gasteiger partial charge in [0, 0.05) is 5.69 Å². The van der Waals surface area contributed by atoms with Gasteiger partial charge in [-0.2, -0.15) is 0 Å². The third-order valence-corrected chi connectivity index (χ3v) is 4.88. The van der Waals surface area contributed by atoms with Crippen molar-refractivity contribution in [3.63, 3.8) is 0 Å². The Morgan fingerprint density at radius 1 is 1.11 bits per heavy atom. The highest BCUT2D eigenvalue weighted by Gasteiger charge is 2.21. The number of rotatable bonds is 6. The molecule has 2 N–H and O–H groups in total. The monoisotopic (exact) mass is 405 g/mol. The molecule has 0 aliphatic carbocycles. The first-order valence-electron chi connectivity index (χ1n) is 8.92. The Kier molecular flexibility index (Phi) is 7.16. The molecular formula is C21H25ClFN3O2. The number of nitrogens with zero attached hydrogens (tertiary/aromatic N) is 1. The van der Waals surface area contributed by atoms with Gasteiger partial charge in [-0.15, -0.1) is 0 Å². The standard InChI is InChI=1S/C21H25ClFN3O2/c1-12-8-13(2)20(14(3)9-12)25-19(27)11-26(5)15(4)21(28)24-18-7-6-16(23)10-17(18)22/h6-10,15H,11H2,1-5H3,(H,24,28)(H,25,27). The minimum atomic E-state index is -0.591. The third-order valence-electron chi connectivity index (χ3n) is 4.56. The molecule has 7 heteroatoms. The van der Waals surface area contributed by atoms with Gasteiger partial charge in [-0.1, -0.05) is 29.3 Å². The minimum absolute atomic E-state index is 0.0402. The van der Waals surface area contributed by atoms with Gasteiger partial charge >= 0.3 is 0 Å². The first-order chi connectivity index (χ1) is 13.1. The van der Waals surface area contributed by atoms with E-state index in [1.54, 1.807) is 18.9 Å². The quantitative estimate of drug-likeness (QED) is 0.753. The van der Waals surface area contributed by atoms with E-state index < -0.39 is 11.9 Å². The second-order valence-electron chi connectivity index (χ2n) is 7.03. The van der Waals surface area contributed by atoms with Crippen LogP contribution < -0.4 is 10.6 Å². The zero-order valence-corrected chi connectivity index (χ0v) is 17.4.